The fourth-order valence-corrected chi connectivity index (χ4v) is 2.77. The Morgan fingerprint density at radius 3 is 2.00 bits per heavy atom. The molecule has 3 rings (SSSR count). The third-order valence-corrected chi connectivity index (χ3v) is 4.35. The van der Waals surface area contributed by atoms with Crippen molar-refractivity contribution in [2.24, 2.45) is 0 Å². The molecule has 2 aromatic carbocycles. The van der Waals surface area contributed by atoms with Gasteiger partial charge < -0.3 is 5.32 Å². The van der Waals surface area contributed by atoms with Gasteiger partial charge in [-0.15, -0.1) is 0 Å². The third kappa shape index (κ3) is 2.94. The summed E-state index contributed by atoms with van der Waals surface area (Å²) in [5.74, 6) is 0.826. The largest absolute Gasteiger partial charge is 0.313 e. The maximum atomic E-state index is 3.36. The van der Waals surface area contributed by atoms with Crippen LogP contribution in [0.4, 0.5) is 0 Å². The van der Waals surface area contributed by atoms with Crippen LogP contribution in [-0.2, 0) is 6.54 Å². The van der Waals surface area contributed by atoms with E-state index in [9.17, 15) is 0 Å². The Morgan fingerprint density at radius 2 is 1.50 bits per heavy atom. The summed E-state index contributed by atoms with van der Waals surface area (Å²) in [5, 5.41) is 3.36. The summed E-state index contributed by atoms with van der Waals surface area (Å²) in [4.78, 5) is 0. The minimum atomic E-state index is 0.826. The normalized spacial score (nSPS) is 15.1. The van der Waals surface area contributed by atoms with Crippen molar-refractivity contribution < 1.29 is 0 Å². The quantitative estimate of drug-likeness (QED) is 0.824. The Bertz CT molecular complexity index is 535. The summed E-state index contributed by atoms with van der Waals surface area (Å²) in [6.45, 7) is 4.11. The van der Waals surface area contributed by atoms with Crippen LogP contribution < -0.4 is 5.32 Å². The zero-order chi connectivity index (χ0) is 13.8. The van der Waals surface area contributed by atoms with Crippen LogP contribution in [0.25, 0.3) is 11.1 Å². The average Bonchev–Trinajstić information content (AvgIpc) is 2.45. The molecule has 0 aromatic heterocycles. The Morgan fingerprint density at radius 1 is 0.900 bits per heavy atom. The summed E-state index contributed by atoms with van der Waals surface area (Å²) >= 11 is 0. The third-order valence-electron chi connectivity index (χ3n) is 4.35. The van der Waals surface area contributed by atoms with E-state index in [1.807, 2.05) is 0 Å². The van der Waals surface area contributed by atoms with Crippen LogP contribution in [0.5, 0.6) is 0 Å². The van der Waals surface area contributed by atoms with E-state index >= 15 is 0 Å². The second-order valence-electron chi connectivity index (χ2n) is 5.73. The highest BCUT2D eigenvalue weighted by Gasteiger charge is 2.18. The molecule has 1 heteroatoms. The van der Waals surface area contributed by atoms with Gasteiger partial charge in [-0.3, -0.25) is 0 Å². The van der Waals surface area contributed by atoms with Gasteiger partial charge in [-0.2, -0.15) is 0 Å². The molecule has 0 radical (unpaired) electrons. The molecule has 0 saturated heterocycles. The first-order valence-electron chi connectivity index (χ1n) is 7.77. The van der Waals surface area contributed by atoms with Gasteiger partial charge >= 0.3 is 0 Å². The number of nitrogens with one attached hydrogen (secondary N) is 1. The number of benzene rings is 2. The highest BCUT2D eigenvalue weighted by atomic mass is 14.8. The molecule has 104 valence electrons. The number of hydrogen-bond acceptors (Lipinski definition) is 1. The first-order valence-corrected chi connectivity index (χ1v) is 7.77. The van der Waals surface area contributed by atoms with Gasteiger partial charge in [0.1, 0.15) is 0 Å². The van der Waals surface area contributed by atoms with Gasteiger partial charge in [-0.1, -0.05) is 61.9 Å². The lowest BCUT2D eigenvalue weighted by Gasteiger charge is -2.25. The molecular weight excluding hydrogens is 242 g/mol. The van der Waals surface area contributed by atoms with Gasteiger partial charge in [-0.05, 0) is 47.6 Å². The van der Waals surface area contributed by atoms with E-state index in [0.717, 1.165) is 19.0 Å². The minimum Gasteiger partial charge on any atom is -0.313 e. The second-order valence-corrected chi connectivity index (χ2v) is 5.73. The van der Waals surface area contributed by atoms with E-state index < -0.39 is 0 Å². The van der Waals surface area contributed by atoms with Crippen molar-refractivity contribution in [2.75, 3.05) is 6.54 Å². The zero-order valence-corrected chi connectivity index (χ0v) is 12.2. The first kappa shape index (κ1) is 13.4. The van der Waals surface area contributed by atoms with E-state index in [-0.39, 0.29) is 0 Å². The molecule has 0 amide bonds. The Kier molecular flexibility index (Phi) is 4.17. The molecule has 1 fully saturated rings. The molecule has 0 unspecified atom stereocenters. The monoisotopic (exact) mass is 265 g/mol. The molecule has 0 aliphatic heterocycles. The van der Waals surface area contributed by atoms with Crippen molar-refractivity contribution in [1.82, 2.24) is 5.32 Å². The molecule has 2 aromatic rings. The molecule has 0 bridgehead atoms. The van der Waals surface area contributed by atoms with Crippen molar-refractivity contribution in [3.05, 3.63) is 59.7 Å². The van der Waals surface area contributed by atoms with Gasteiger partial charge in [0.2, 0.25) is 0 Å². The van der Waals surface area contributed by atoms with Crippen molar-refractivity contribution in [3.63, 3.8) is 0 Å². The molecular formula is C19H23N. The minimum absolute atomic E-state index is 0.826. The highest BCUT2D eigenvalue weighted by molar-refractivity contribution is 5.64. The lowest BCUT2D eigenvalue weighted by atomic mass is 9.80. The smallest absolute Gasteiger partial charge is 0.0205 e. The molecule has 1 saturated carbocycles. The second kappa shape index (κ2) is 6.23. The van der Waals surface area contributed by atoms with Gasteiger partial charge in [0, 0.05) is 6.54 Å². The van der Waals surface area contributed by atoms with Gasteiger partial charge in [0.25, 0.3) is 0 Å². The summed E-state index contributed by atoms with van der Waals surface area (Å²) in [7, 11) is 0. The summed E-state index contributed by atoms with van der Waals surface area (Å²) in [6, 6.07) is 18.1. The number of hydrogen-bond donors (Lipinski definition) is 1. The standard InChI is InChI=1S/C19H23N/c1-2-20-14-15-6-8-17(9-7-15)19-12-10-18(11-13-19)16-4-3-5-16/h6-13,16,20H,2-5,14H2,1H3. The topological polar surface area (TPSA) is 12.0 Å². The fraction of sp³-hybridized carbons (Fsp3) is 0.368. The van der Waals surface area contributed by atoms with Crippen LogP contribution in [0.2, 0.25) is 0 Å². The van der Waals surface area contributed by atoms with Crippen molar-refractivity contribution in [2.45, 2.75) is 38.6 Å². The van der Waals surface area contributed by atoms with Crippen LogP contribution in [0.3, 0.4) is 0 Å². The maximum Gasteiger partial charge on any atom is 0.0205 e. The predicted octanol–water partition coefficient (Wildman–Crippen LogP) is 4.73. The van der Waals surface area contributed by atoms with Crippen molar-refractivity contribution in [1.29, 1.82) is 0 Å². The van der Waals surface area contributed by atoms with E-state index in [2.05, 4.69) is 60.8 Å². The molecule has 20 heavy (non-hydrogen) atoms. The highest BCUT2D eigenvalue weighted by Crippen LogP contribution is 2.36. The van der Waals surface area contributed by atoms with Crippen LogP contribution in [-0.4, -0.2) is 6.54 Å². The van der Waals surface area contributed by atoms with Gasteiger partial charge in [0.15, 0.2) is 0 Å². The summed E-state index contributed by atoms with van der Waals surface area (Å²) in [6.07, 6.45) is 4.15. The SMILES string of the molecule is CCNCc1ccc(-c2ccc(C3CCC3)cc2)cc1. The number of rotatable bonds is 5. The van der Waals surface area contributed by atoms with Crippen molar-refractivity contribution >= 4 is 0 Å². The van der Waals surface area contributed by atoms with Crippen molar-refractivity contribution in [3.8, 4) is 11.1 Å². The maximum absolute atomic E-state index is 3.36. The van der Waals surface area contributed by atoms with Gasteiger partial charge in [-0.25, -0.2) is 0 Å². The van der Waals surface area contributed by atoms with Crippen LogP contribution in [0.15, 0.2) is 48.5 Å². The van der Waals surface area contributed by atoms with Gasteiger partial charge in [0.05, 0.1) is 0 Å². The average molecular weight is 265 g/mol. The van der Waals surface area contributed by atoms with Crippen LogP contribution >= 0.6 is 0 Å². The molecule has 0 spiro atoms. The fourth-order valence-electron chi connectivity index (χ4n) is 2.77. The Hall–Kier alpha value is -1.60. The van der Waals surface area contributed by atoms with E-state index in [1.165, 1.54) is 41.5 Å². The molecule has 1 aliphatic rings. The van der Waals surface area contributed by atoms with Crippen LogP contribution in [0, 0.1) is 0 Å². The summed E-state index contributed by atoms with van der Waals surface area (Å²) < 4.78 is 0. The summed E-state index contributed by atoms with van der Waals surface area (Å²) in [5.41, 5.74) is 5.50. The van der Waals surface area contributed by atoms with Crippen LogP contribution in [0.1, 0.15) is 43.2 Å². The first-order chi connectivity index (χ1) is 9.86. The molecule has 1 nitrogen and oxygen atoms in total. The molecule has 1 aliphatic carbocycles. The van der Waals surface area contributed by atoms with E-state index in [0.29, 0.717) is 0 Å². The molecule has 1 N–H and O–H groups in total. The zero-order valence-electron chi connectivity index (χ0n) is 12.2. The van der Waals surface area contributed by atoms with E-state index in [1.54, 1.807) is 0 Å². The molecule has 0 heterocycles. The van der Waals surface area contributed by atoms with E-state index in [4.69, 9.17) is 0 Å². The molecule has 0 atom stereocenters. The predicted molar refractivity (Wildman–Crippen MR) is 85.9 cm³/mol. The lowest BCUT2D eigenvalue weighted by molar-refractivity contribution is 0.420. The lowest BCUT2D eigenvalue weighted by Crippen LogP contribution is -2.11. The Balaban J connectivity index is 1.71. The Labute approximate surface area is 122 Å².